The molecule has 0 aliphatic rings. The van der Waals surface area contributed by atoms with Gasteiger partial charge in [0.1, 0.15) is 0 Å². The normalized spacial score (nSPS) is 8.17. The first-order valence-corrected chi connectivity index (χ1v) is 1.99. The summed E-state index contributed by atoms with van der Waals surface area (Å²) in [4.78, 5) is 9.68. The van der Waals surface area contributed by atoms with E-state index in [4.69, 9.17) is 11.6 Å². The number of rotatable bonds is 2. The van der Waals surface area contributed by atoms with Crippen LogP contribution in [0.5, 0.6) is 0 Å². The summed E-state index contributed by atoms with van der Waals surface area (Å²) in [5.74, 6) is -0.264. The zero-order valence-electron chi connectivity index (χ0n) is 3.15. The van der Waals surface area contributed by atoms with Crippen molar-refractivity contribution in [2.75, 3.05) is 5.88 Å². The van der Waals surface area contributed by atoms with Crippen molar-refractivity contribution in [1.82, 2.24) is 0 Å². The van der Waals surface area contributed by atoms with Crippen molar-refractivity contribution in [3.8, 4) is 0 Å². The lowest BCUT2D eigenvalue weighted by molar-refractivity contribution is -0.114. The summed E-state index contributed by atoms with van der Waals surface area (Å²) < 4.78 is 0. The van der Waals surface area contributed by atoms with E-state index < -0.39 is 5.91 Å². The summed E-state index contributed by atoms with van der Waals surface area (Å²) in [6, 6.07) is 0. The molecule has 0 saturated heterocycles. The lowest BCUT2D eigenvalue weighted by Gasteiger charge is -1.79. The van der Waals surface area contributed by atoms with Crippen LogP contribution in [0.4, 0.5) is 0 Å². The molecule has 0 unspecified atom stereocenters. The smallest absolute Gasteiger partial charge is 0.222 e. The van der Waals surface area contributed by atoms with Gasteiger partial charge in [-0.1, -0.05) is 0 Å². The molecule has 35 valence electrons. The van der Waals surface area contributed by atoms with Crippen LogP contribution >= 0.6 is 11.6 Å². The first kappa shape index (κ1) is 5.76. The van der Waals surface area contributed by atoms with E-state index in [-0.39, 0.29) is 5.88 Å². The minimum absolute atomic E-state index is 0.204. The number of nitrogens with two attached hydrogens (primary N) is 1. The highest BCUT2D eigenvalue weighted by molar-refractivity contribution is 6.20. The van der Waals surface area contributed by atoms with Crippen LogP contribution in [-0.4, -0.2) is 11.8 Å². The molecule has 0 atom stereocenters. The van der Waals surface area contributed by atoms with Gasteiger partial charge in [-0.15, -0.1) is 11.6 Å². The topological polar surface area (TPSA) is 43.1 Å². The summed E-state index contributed by atoms with van der Waals surface area (Å²) in [7, 11) is 0. The Bertz CT molecular complexity index is 54.8. The maximum atomic E-state index is 9.68. The monoisotopic (exact) mass is 106 g/mol. The molecule has 0 spiro atoms. The van der Waals surface area contributed by atoms with E-state index in [9.17, 15) is 4.79 Å². The number of carbonyl (C=O) groups is 1. The van der Waals surface area contributed by atoms with E-state index in [0.717, 1.165) is 0 Å². The predicted molar refractivity (Wildman–Crippen MR) is 24.2 cm³/mol. The molecule has 1 radical (unpaired) electrons. The molecule has 0 heterocycles. The Morgan fingerprint density at radius 1 is 2.00 bits per heavy atom. The van der Waals surface area contributed by atoms with Gasteiger partial charge in [0.2, 0.25) is 5.91 Å². The average molecular weight is 107 g/mol. The van der Waals surface area contributed by atoms with Gasteiger partial charge >= 0.3 is 0 Å². The molecule has 2 N–H and O–H groups in total. The molecular weight excluding hydrogens is 101 g/mol. The second-order valence-electron chi connectivity index (χ2n) is 0.761. The van der Waals surface area contributed by atoms with E-state index in [1.165, 1.54) is 6.42 Å². The Balaban J connectivity index is 2.83. The van der Waals surface area contributed by atoms with Crippen LogP contribution < -0.4 is 5.73 Å². The minimum Gasteiger partial charge on any atom is -0.369 e. The molecule has 0 aliphatic carbocycles. The van der Waals surface area contributed by atoms with Gasteiger partial charge < -0.3 is 5.73 Å². The van der Waals surface area contributed by atoms with E-state index >= 15 is 0 Å². The Labute approximate surface area is 41.3 Å². The highest BCUT2D eigenvalue weighted by atomic mass is 35.5. The van der Waals surface area contributed by atoms with Crippen LogP contribution in [0.3, 0.4) is 0 Å². The first-order chi connectivity index (χ1) is 2.77. The highest BCUT2D eigenvalue weighted by Crippen LogP contribution is 1.76. The standard InChI is InChI=1S/C3H5ClNO/c4-2-1-3(5)6/h1H,2H2,(H2,5,6). The molecule has 3 heteroatoms. The largest absolute Gasteiger partial charge is 0.369 e. The fourth-order valence-corrected chi connectivity index (χ4v) is 0.228. The molecular formula is C3H5ClNO. The molecule has 0 bridgehead atoms. The van der Waals surface area contributed by atoms with Crippen molar-refractivity contribution in [1.29, 1.82) is 0 Å². The molecule has 1 amide bonds. The molecule has 0 fully saturated rings. The second kappa shape index (κ2) is 2.97. The van der Waals surface area contributed by atoms with E-state index in [0.29, 0.717) is 0 Å². The summed E-state index contributed by atoms with van der Waals surface area (Å²) in [6.45, 7) is 0. The number of hydrogen-bond acceptors (Lipinski definition) is 1. The highest BCUT2D eigenvalue weighted by Gasteiger charge is 1.86. The van der Waals surface area contributed by atoms with Gasteiger partial charge in [0.25, 0.3) is 0 Å². The molecule has 0 rings (SSSR count). The van der Waals surface area contributed by atoms with Gasteiger partial charge in [0.15, 0.2) is 0 Å². The molecule has 0 aromatic carbocycles. The van der Waals surface area contributed by atoms with Crippen LogP contribution in [0.1, 0.15) is 0 Å². The fourth-order valence-electron chi connectivity index (χ4n) is 0.0760. The number of amides is 1. The van der Waals surface area contributed by atoms with Gasteiger partial charge in [0.05, 0.1) is 6.42 Å². The van der Waals surface area contributed by atoms with Crippen LogP contribution in [0.15, 0.2) is 0 Å². The van der Waals surface area contributed by atoms with Gasteiger partial charge in [-0.2, -0.15) is 0 Å². The lowest BCUT2D eigenvalue weighted by atomic mass is 10.5. The SMILES string of the molecule is NC(=O)[CH]CCl. The molecule has 0 aliphatic heterocycles. The maximum Gasteiger partial charge on any atom is 0.222 e. The van der Waals surface area contributed by atoms with Crippen molar-refractivity contribution in [3.63, 3.8) is 0 Å². The van der Waals surface area contributed by atoms with Crippen LogP contribution in [-0.2, 0) is 4.79 Å². The van der Waals surface area contributed by atoms with Crippen molar-refractivity contribution in [3.05, 3.63) is 6.42 Å². The third-order valence-corrected chi connectivity index (χ3v) is 0.433. The zero-order valence-corrected chi connectivity index (χ0v) is 3.90. The third-order valence-electron chi connectivity index (χ3n) is 0.278. The summed E-state index contributed by atoms with van der Waals surface area (Å²) in [5.41, 5.74) is 4.62. The van der Waals surface area contributed by atoms with Crippen LogP contribution in [0, 0.1) is 6.42 Å². The van der Waals surface area contributed by atoms with Gasteiger partial charge in [-0.3, -0.25) is 4.79 Å². The molecule has 2 nitrogen and oxygen atoms in total. The second-order valence-corrected chi connectivity index (χ2v) is 1.07. The number of halogens is 1. The van der Waals surface area contributed by atoms with E-state index in [1.807, 2.05) is 0 Å². The van der Waals surface area contributed by atoms with E-state index in [1.54, 1.807) is 0 Å². The molecule has 6 heavy (non-hydrogen) atoms. The van der Waals surface area contributed by atoms with Crippen molar-refractivity contribution in [2.24, 2.45) is 5.73 Å². The predicted octanol–water partition coefficient (Wildman–Crippen LogP) is -0.0852. The van der Waals surface area contributed by atoms with Crippen LogP contribution in [0.25, 0.3) is 0 Å². The van der Waals surface area contributed by atoms with Gasteiger partial charge in [-0.05, 0) is 0 Å². The maximum absolute atomic E-state index is 9.68. The number of alkyl halides is 1. The number of hydrogen-bond donors (Lipinski definition) is 1. The Morgan fingerprint density at radius 2 is 2.50 bits per heavy atom. The Hall–Kier alpha value is -0.240. The Kier molecular flexibility index (Phi) is 2.85. The van der Waals surface area contributed by atoms with Crippen molar-refractivity contribution >= 4 is 17.5 Å². The molecule has 0 aromatic rings. The van der Waals surface area contributed by atoms with Gasteiger partial charge in [-0.25, -0.2) is 0 Å². The van der Waals surface area contributed by atoms with Crippen LogP contribution in [0.2, 0.25) is 0 Å². The number of carbonyl (C=O) groups excluding carboxylic acids is 1. The molecule has 0 saturated carbocycles. The van der Waals surface area contributed by atoms with E-state index in [2.05, 4.69) is 5.73 Å². The minimum atomic E-state index is -0.468. The average Bonchev–Trinajstić information content (AvgIpc) is 1.35. The fraction of sp³-hybridized carbons (Fsp3) is 0.333. The lowest BCUT2D eigenvalue weighted by Crippen LogP contribution is -2.10. The zero-order chi connectivity index (χ0) is 4.99. The summed E-state index contributed by atoms with van der Waals surface area (Å²) in [5, 5.41) is 0. The Morgan fingerprint density at radius 3 is 2.50 bits per heavy atom. The van der Waals surface area contributed by atoms with Crippen molar-refractivity contribution in [2.45, 2.75) is 0 Å². The quantitative estimate of drug-likeness (QED) is 0.492. The molecule has 0 aromatic heterocycles. The van der Waals surface area contributed by atoms with Crippen molar-refractivity contribution < 1.29 is 4.79 Å². The van der Waals surface area contributed by atoms with Gasteiger partial charge in [0, 0.05) is 5.88 Å². The summed E-state index contributed by atoms with van der Waals surface area (Å²) in [6.07, 6.45) is 1.20. The number of primary amides is 1. The first-order valence-electron chi connectivity index (χ1n) is 1.46. The third kappa shape index (κ3) is 3.76. The summed E-state index contributed by atoms with van der Waals surface area (Å²) >= 11 is 5.04.